The number of nitriles is 1. The smallest absolute Gasteiger partial charge is 0.191 e. The Kier molecular flexibility index (Phi) is 2.95. The van der Waals surface area contributed by atoms with Crippen LogP contribution < -0.4 is 4.57 Å². The monoisotopic (exact) mass is 299 g/mol. The summed E-state index contributed by atoms with van der Waals surface area (Å²) >= 11 is 0. The molecule has 4 rings (SSSR count). The van der Waals surface area contributed by atoms with Gasteiger partial charge in [-0.1, -0.05) is 30.3 Å². The summed E-state index contributed by atoms with van der Waals surface area (Å²) < 4.78 is 2.01. The summed E-state index contributed by atoms with van der Waals surface area (Å²) in [6.45, 7) is 3.87. The van der Waals surface area contributed by atoms with Crippen molar-refractivity contribution in [3.8, 4) is 28.5 Å². The molecule has 0 amide bonds. The van der Waals surface area contributed by atoms with Crippen LogP contribution >= 0.6 is 0 Å². The van der Waals surface area contributed by atoms with E-state index < -0.39 is 0 Å². The van der Waals surface area contributed by atoms with Crippen LogP contribution in [0.25, 0.3) is 22.4 Å². The van der Waals surface area contributed by atoms with Gasteiger partial charge < -0.3 is 0 Å². The molecule has 110 valence electrons. The van der Waals surface area contributed by atoms with Crippen molar-refractivity contribution in [1.29, 1.82) is 5.26 Å². The standard InChI is InChI=1S/C19H15N4/c1-12-18-16-10-15(14-6-4-3-5-7-14)8-9-23(16)17(11-20)19(18)13(2)22-21-12/h3-10,17H,1-2H3/q+1. The van der Waals surface area contributed by atoms with Crippen molar-refractivity contribution in [2.24, 2.45) is 0 Å². The third-order valence-corrected chi connectivity index (χ3v) is 4.39. The lowest BCUT2D eigenvalue weighted by atomic mass is 10.00. The van der Waals surface area contributed by atoms with Crippen molar-refractivity contribution in [2.75, 3.05) is 0 Å². The van der Waals surface area contributed by atoms with E-state index in [1.54, 1.807) is 0 Å². The molecule has 3 heterocycles. The summed E-state index contributed by atoms with van der Waals surface area (Å²) in [7, 11) is 0. The van der Waals surface area contributed by atoms with E-state index in [0.29, 0.717) is 0 Å². The quantitative estimate of drug-likeness (QED) is 0.649. The van der Waals surface area contributed by atoms with Gasteiger partial charge in [0.25, 0.3) is 6.04 Å². The van der Waals surface area contributed by atoms with Crippen LogP contribution in [0.4, 0.5) is 0 Å². The summed E-state index contributed by atoms with van der Waals surface area (Å²) in [5.74, 6) is 0. The number of benzene rings is 1. The van der Waals surface area contributed by atoms with Crippen LogP contribution in [0.1, 0.15) is 23.0 Å². The molecule has 2 aromatic heterocycles. The van der Waals surface area contributed by atoms with E-state index in [1.165, 1.54) is 0 Å². The minimum atomic E-state index is -0.334. The van der Waals surface area contributed by atoms with Crippen molar-refractivity contribution < 1.29 is 4.57 Å². The lowest BCUT2D eigenvalue weighted by Crippen LogP contribution is -2.36. The van der Waals surface area contributed by atoms with Gasteiger partial charge in [0.1, 0.15) is 6.07 Å². The largest absolute Gasteiger partial charge is 0.272 e. The van der Waals surface area contributed by atoms with Gasteiger partial charge in [0.15, 0.2) is 6.20 Å². The van der Waals surface area contributed by atoms with Crippen LogP contribution in [-0.2, 0) is 0 Å². The first-order chi connectivity index (χ1) is 11.2. The zero-order chi connectivity index (χ0) is 16.0. The topological polar surface area (TPSA) is 53.5 Å². The molecule has 23 heavy (non-hydrogen) atoms. The molecule has 0 saturated heterocycles. The Morgan fingerprint density at radius 2 is 1.74 bits per heavy atom. The van der Waals surface area contributed by atoms with Crippen molar-refractivity contribution in [2.45, 2.75) is 19.9 Å². The zero-order valence-corrected chi connectivity index (χ0v) is 13.0. The number of aryl methyl sites for hydroxylation is 2. The van der Waals surface area contributed by atoms with E-state index >= 15 is 0 Å². The summed E-state index contributed by atoms with van der Waals surface area (Å²) in [5.41, 5.74) is 7.03. The molecule has 1 aliphatic heterocycles. The fourth-order valence-corrected chi connectivity index (χ4v) is 3.30. The van der Waals surface area contributed by atoms with E-state index in [9.17, 15) is 5.26 Å². The highest BCUT2D eigenvalue weighted by molar-refractivity contribution is 5.74. The molecule has 1 aromatic carbocycles. The molecule has 0 aliphatic carbocycles. The average molecular weight is 299 g/mol. The average Bonchev–Trinajstić information content (AvgIpc) is 2.93. The number of hydrogen-bond donors (Lipinski definition) is 0. The van der Waals surface area contributed by atoms with Gasteiger partial charge in [0, 0.05) is 12.1 Å². The highest BCUT2D eigenvalue weighted by Crippen LogP contribution is 2.37. The summed E-state index contributed by atoms with van der Waals surface area (Å²) in [6.07, 6.45) is 1.99. The molecule has 4 nitrogen and oxygen atoms in total. The first-order valence-corrected chi connectivity index (χ1v) is 7.55. The Morgan fingerprint density at radius 1 is 1.00 bits per heavy atom. The second-order valence-electron chi connectivity index (χ2n) is 5.77. The summed E-state index contributed by atoms with van der Waals surface area (Å²) in [4.78, 5) is 0. The summed E-state index contributed by atoms with van der Waals surface area (Å²) in [6, 6.07) is 16.5. The highest BCUT2D eigenvalue weighted by atomic mass is 15.1. The van der Waals surface area contributed by atoms with E-state index in [0.717, 1.165) is 39.3 Å². The number of pyridine rings is 1. The maximum atomic E-state index is 9.64. The van der Waals surface area contributed by atoms with Crippen molar-refractivity contribution >= 4 is 0 Å². The van der Waals surface area contributed by atoms with Gasteiger partial charge in [-0.25, -0.2) is 0 Å². The van der Waals surface area contributed by atoms with Gasteiger partial charge in [-0.05, 0) is 25.0 Å². The molecule has 3 aromatic rings. The second kappa shape index (κ2) is 4.99. The highest BCUT2D eigenvalue weighted by Gasteiger charge is 2.40. The van der Waals surface area contributed by atoms with E-state index in [-0.39, 0.29) is 6.04 Å². The van der Waals surface area contributed by atoms with Gasteiger partial charge in [-0.3, -0.25) is 0 Å². The SMILES string of the molecule is Cc1nnc(C)c2c1-c1cc(-c3ccccc3)cc[n+]1C2C#N. The van der Waals surface area contributed by atoms with Crippen LogP contribution in [0.15, 0.2) is 48.7 Å². The minimum Gasteiger partial charge on any atom is -0.191 e. The molecule has 1 unspecified atom stereocenters. The Bertz CT molecular complexity index is 955. The Balaban J connectivity index is 2.00. The molecule has 1 atom stereocenters. The van der Waals surface area contributed by atoms with E-state index in [4.69, 9.17) is 0 Å². The maximum Gasteiger partial charge on any atom is 0.272 e. The molecule has 1 aliphatic rings. The first-order valence-electron chi connectivity index (χ1n) is 7.55. The van der Waals surface area contributed by atoms with Crippen molar-refractivity contribution in [3.05, 3.63) is 65.6 Å². The molecule has 0 N–H and O–H groups in total. The van der Waals surface area contributed by atoms with Crippen LogP contribution in [0.3, 0.4) is 0 Å². The molecule has 0 radical (unpaired) electrons. The Morgan fingerprint density at radius 3 is 2.48 bits per heavy atom. The molecule has 0 spiro atoms. The lowest BCUT2D eigenvalue weighted by molar-refractivity contribution is -0.685. The fraction of sp³-hybridized carbons (Fsp3) is 0.158. The van der Waals surface area contributed by atoms with Crippen LogP contribution in [0.5, 0.6) is 0 Å². The molecule has 0 saturated carbocycles. The molecular formula is C19H15N4+. The van der Waals surface area contributed by atoms with Crippen LogP contribution in [0.2, 0.25) is 0 Å². The van der Waals surface area contributed by atoms with Crippen molar-refractivity contribution in [3.63, 3.8) is 0 Å². The van der Waals surface area contributed by atoms with Gasteiger partial charge in [-0.15, -0.1) is 0 Å². The van der Waals surface area contributed by atoms with Gasteiger partial charge in [0.05, 0.1) is 22.5 Å². The van der Waals surface area contributed by atoms with Gasteiger partial charge in [-0.2, -0.15) is 20.0 Å². The Hall–Kier alpha value is -3.06. The third kappa shape index (κ3) is 1.94. The number of rotatable bonds is 1. The Labute approximate surface area is 134 Å². The maximum absolute atomic E-state index is 9.64. The lowest BCUT2D eigenvalue weighted by Gasteiger charge is -2.03. The van der Waals surface area contributed by atoms with Gasteiger partial charge >= 0.3 is 0 Å². The first kappa shape index (κ1) is 13.6. The number of hydrogen-bond acceptors (Lipinski definition) is 3. The molecular weight excluding hydrogens is 284 g/mol. The van der Waals surface area contributed by atoms with Gasteiger partial charge in [0.2, 0.25) is 5.69 Å². The van der Waals surface area contributed by atoms with Crippen molar-refractivity contribution in [1.82, 2.24) is 10.2 Å². The predicted molar refractivity (Wildman–Crippen MR) is 86.3 cm³/mol. The van der Waals surface area contributed by atoms with E-state index in [2.05, 4.69) is 40.5 Å². The number of aromatic nitrogens is 3. The second-order valence-corrected chi connectivity index (χ2v) is 5.77. The third-order valence-electron chi connectivity index (χ3n) is 4.39. The molecule has 0 bridgehead atoms. The van der Waals surface area contributed by atoms with Crippen LogP contribution in [-0.4, -0.2) is 10.2 Å². The molecule has 4 heteroatoms. The van der Waals surface area contributed by atoms with E-state index in [1.807, 2.05) is 42.8 Å². The predicted octanol–water partition coefficient (Wildman–Crippen LogP) is 3.14. The summed E-state index contributed by atoms with van der Waals surface area (Å²) in [5, 5.41) is 18.1. The molecule has 0 fully saturated rings. The fourth-order valence-electron chi connectivity index (χ4n) is 3.30. The zero-order valence-electron chi connectivity index (χ0n) is 13.0. The minimum absolute atomic E-state index is 0.334. The normalized spacial score (nSPS) is 14.9. The number of fused-ring (bicyclic) bond motifs is 3. The van der Waals surface area contributed by atoms with Crippen LogP contribution in [0, 0.1) is 25.2 Å². The number of nitrogens with zero attached hydrogens (tertiary/aromatic N) is 4.